The molecule has 1 heterocycles. The van der Waals surface area contributed by atoms with Crippen molar-refractivity contribution >= 4 is 23.2 Å². The van der Waals surface area contributed by atoms with Crippen LogP contribution in [0.25, 0.3) is 0 Å². The van der Waals surface area contributed by atoms with Gasteiger partial charge in [0.1, 0.15) is 16.4 Å². The molecule has 0 unspecified atom stereocenters. The lowest BCUT2D eigenvalue weighted by molar-refractivity contribution is 0.0970. The molecule has 0 amide bonds. The molecule has 5 heteroatoms. The number of carbonyl (C=O) groups is 2. The van der Waals surface area contributed by atoms with Crippen molar-refractivity contribution in [1.29, 1.82) is 0 Å². The first-order chi connectivity index (χ1) is 10.7. The summed E-state index contributed by atoms with van der Waals surface area (Å²) >= 11 is 6.06. The Morgan fingerprint density at radius 3 is 2.55 bits per heavy atom. The Bertz CT molecular complexity index is 769. The Labute approximate surface area is 132 Å². The van der Waals surface area contributed by atoms with Crippen molar-refractivity contribution in [2.45, 2.75) is 6.42 Å². The highest BCUT2D eigenvalue weighted by atomic mass is 35.5. The van der Waals surface area contributed by atoms with E-state index in [0.29, 0.717) is 6.54 Å². The van der Waals surface area contributed by atoms with Gasteiger partial charge in [0.2, 0.25) is 11.6 Å². The third kappa shape index (κ3) is 2.65. The average molecular weight is 313 g/mol. The summed E-state index contributed by atoms with van der Waals surface area (Å²) in [4.78, 5) is 28.6. The van der Waals surface area contributed by atoms with Gasteiger partial charge in [-0.2, -0.15) is 0 Å². The zero-order chi connectivity index (χ0) is 15.5. The Hall–Kier alpha value is -2.46. The van der Waals surface area contributed by atoms with Crippen LogP contribution in [-0.2, 0) is 6.42 Å². The molecule has 0 aliphatic heterocycles. The summed E-state index contributed by atoms with van der Waals surface area (Å²) in [5.41, 5.74) is 1.68. The van der Waals surface area contributed by atoms with E-state index in [1.165, 1.54) is 6.20 Å². The van der Waals surface area contributed by atoms with Gasteiger partial charge in [0.05, 0.1) is 5.56 Å². The van der Waals surface area contributed by atoms with E-state index in [1.54, 1.807) is 12.1 Å². The lowest BCUT2D eigenvalue weighted by Gasteiger charge is -2.18. The maximum absolute atomic E-state index is 12.4. The number of rotatable bonds is 4. The smallest absolute Gasteiger partial charge is 0.229 e. The molecule has 0 spiro atoms. The molecule has 0 fully saturated rings. The summed E-state index contributed by atoms with van der Waals surface area (Å²) in [5.74, 6) is -0.708. The average Bonchev–Trinajstić information content (AvgIpc) is 2.57. The van der Waals surface area contributed by atoms with Crippen LogP contribution in [0.5, 0.6) is 0 Å². The maximum atomic E-state index is 12.4. The highest BCUT2D eigenvalue weighted by Crippen LogP contribution is 2.25. The second-order valence-corrected chi connectivity index (χ2v) is 5.29. The molecular formula is C17H13ClN2O2. The first-order valence-electron chi connectivity index (χ1n) is 6.90. The van der Waals surface area contributed by atoms with Crippen molar-refractivity contribution in [3.63, 3.8) is 0 Å². The number of hydrogen-bond donors (Lipinski definition) is 1. The lowest BCUT2D eigenvalue weighted by Crippen LogP contribution is -2.31. The fraction of sp³-hybridized carbons (Fsp3) is 0.118. The van der Waals surface area contributed by atoms with Gasteiger partial charge in [0, 0.05) is 12.7 Å². The van der Waals surface area contributed by atoms with Crippen LogP contribution in [0.15, 0.2) is 59.4 Å². The van der Waals surface area contributed by atoms with Gasteiger partial charge in [-0.1, -0.05) is 41.9 Å². The third-order valence-corrected chi connectivity index (χ3v) is 3.83. The van der Waals surface area contributed by atoms with E-state index < -0.39 is 0 Å². The molecule has 1 aliphatic carbocycles. The summed E-state index contributed by atoms with van der Waals surface area (Å²) < 4.78 is 0. The Balaban J connectivity index is 1.77. The molecule has 3 rings (SSSR count). The van der Waals surface area contributed by atoms with Crippen molar-refractivity contribution < 1.29 is 9.59 Å². The van der Waals surface area contributed by atoms with Gasteiger partial charge >= 0.3 is 0 Å². The number of halogens is 1. The number of Topliss-reactive ketones (excluding diaryl/α,β-unsaturated/α-hetero) is 2. The van der Waals surface area contributed by atoms with Crippen LogP contribution in [0.4, 0.5) is 0 Å². The summed E-state index contributed by atoms with van der Waals surface area (Å²) in [7, 11) is 0. The molecule has 2 aromatic rings. The first-order valence-corrected chi connectivity index (χ1v) is 7.28. The van der Waals surface area contributed by atoms with Gasteiger partial charge in [0.15, 0.2) is 0 Å². The Morgan fingerprint density at radius 1 is 1.00 bits per heavy atom. The number of ketones is 2. The van der Waals surface area contributed by atoms with Crippen LogP contribution < -0.4 is 5.32 Å². The van der Waals surface area contributed by atoms with Crippen molar-refractivity contribution in [1.82, 2.24) is 10.3 Å². The summed E-state index contributed by atoms with van der Waals surface area (Å²) in [6, 6.07) is 13.0. The fourth-order valence-electron chi connectivity index (χ4n) is 2.35. The van der Waals surface area contributed by atoms with Gasteiger partial charge in [-0.15, -0.1) is 0 Å². The monoisotopic (exact) mass is 312 g/mol. The van der Waals surface area contributed by atoms with E-state index >= 15 is 0 Å². The van der Waals surface area contributed by atoms with Gasteiger partial charge < -0.3 is 5.32 Å². The minimum Gasteiger partial charge on any atom is -0.380 e. The zero-order valence-electron chi connectivity index (χ0n) is 11.7. The van der Waals surface area contributed by atoms with E-state index in [9.17, 15) is 9.59 Å². The predicted octanol–water partition coefficient (Wildman–Crippen LogP) is 2.74. The number of nitrogens with zero attached hydrogens (tertiary/aromatic N) is 1. The third-order valence-electron chi connectivity index (χ3n) is 3.47. The number of pyridine rings is 1. The second-order valence-electron chi connectivity index (χ2n) is 4.91. The minimum atomic E-state index is -0.369. The molecule has 110 valence electrons. The van der Waals surface area contributed by atoms with Gasteiger partial charge in [0.25, 0.3) is 0 Å². The lowest BCUT2D eigenvalue weighted by atomic mass is 9.97. The molecule has 1 N–H and O–H groups in total. The highest BCUT2D eigenvalue weighted by molar-refractivity contribution is 6.49. The van der Waals surface area contributed by atoms with E-state index in [1.807, 2.05) is 30.3 Å². The van der Waals surface area contributed by atoms with Crippen molar-refractivity contribution in [3.8, 4) is 0 Å². The van der Waals surface area contributed by atoms with Crippen LogP contribution in [0, 0.1) is 0 Å². The van der Waals surface area contributed by atoms with Crippen LogP contribution in [0.2, 0.25) is 0 Å². The topological polar surface area (TPSA) is 59.1 Å². The normalized spacial score (nSPS) is 14.0. The molecule has 0 bridgehead atoms. The number of hydrogen-bond acceptors (Lipinski definition) is 4. The first kappa shape index (κ1) is 14.5. The maximum Gasteiger partial charge on any atom is 0.229 e. The summed E-state index contributed by atoms with van der Waals surface area (Å²) in [6.07, 6.45) is 2.22. The molecule has 0 radical (unpaired) electrons. The van der Waals surface area contributed by atoms with Gasteiger partial charge in [-0.3, -0.25) is 14.6 Å². The summed E-state index contributed by atoms with van der Waals surface area (Å²) in [6.45, 7) is 0.511. The number of carbonyl (C=O) groups excluding carboxylic acids is 2. The Morgan fingerprint density at radius 2 is 1.77 bits per heavy atom. The predicted molar refractivity (Wildman–Crippen MR) is 83.9 cm³/mol. The van der Waals surface area contributed by atoms with E-state index in [-0.39, 0.29) is 33.6 Å². The molecule has 1 aromatic carbocycles. The number of benzene rings is 1. The number of fused-ring (bicyclic) bond motifs is 1. The van der Waals surface area contributed by atoms with Crippen LogP contribution in [0.1, 0.15) is 26.4 Å². The molecular weight excluding hydrogens is 300 g/mol. The molecule has 0 atom stereocenters. The standard InChI is InChI=1S/C17H13ClN2O2/c18-13-15(20-10-8-11-5-2-1-3-6-11)17(22)14-12(16(13)21)7-4-9-19-14/h1-7,9,20H,8,10H2. The van der Waals surface area contributed by atoms with Crippen molar-refractivity contribution in [2.75, 3.05) is 6.54 Å². The summed E-state index contributed by atoms with van der Waals surface area (Å²) in [5, 5.41) is 2.91. The van der Waals surface area contributed by atoms with Crippen LogP contribution in [0.3, 0.4) is 0 Å². The highest BCUT2D eigenvalue weighted by Gasteiger charge is 2.32. The Kier molecular flexibility index (Phi) is 4.02. The van der Waals surface area contributed by atoms with E-state index in [4.69, 9.17) is 11.6 Å². The zero-order valence-corrected chi connectivity index (χ0v) is 12.4. The largest absolute Gasteiger partial charge is 0.380 e. The van der Waals surface area contributed by atoms with Crippen LogP contribution >= 0.6 is 11.6 Å². The van der Waals surface area contributed by atoms with Gasteiger partial charge in [-0.05, 0) is 24.1 Å². The molecule has 0 saturated carbocycles. The van der Waals surface area contributed by atoms with E-state index in [0.717, 1.165) is 12.0 Å². The van der Waals surface area contributed by atoms with Gasteiger partial charge in [-0.25, -0.2) is 0 Å². The number of aromatic nitrogens is 1. The second kappa shape index (κ2) is 6.12. The minimum absolute atomic E-state index is 0.0708. The van der Waals surface area contributed by atoms with Crippen molar-refractivity contribution in [3.05, 3.63) is 76.2 Å². The number of nitrogens with one attached hydrogen (secondary N) is 1. The molecule has 1 aliphatic rings. The molecule has 1 aromatic heterocycles. The molecule has 22 heavy (non-hydrogen) atoms. The fourth-order valence-corrected chi connectivity index (χ4v) is 2.61. The molecule has 4 nitrogen and oxygen atoms in total. The van der Waals surface area contributed by atoms with E-state index in [2.05, 4.69) is 10.3 Å². The van der Waals surface area contributed by atoms with Crippen LogP contribution in [-0.4, -0.2) is 23.1 Å². The number of allylic oxidation sites excluding steroid dienone is 2. The SMILES string of the molecule is O=C1C(Cl)=C(NCCc2ccccc2)C(=O)c2ncccc21. The quantitative estimate of drug-likeness (QED) is 0.943. The van der Waals surface area contributed by atoms with Crippen molar-refractivity contribution in [2.24, 2.45) is 0 Å². The molecule has 0 saturated heterocycles.